The molecule has 1 fully saturated rings. The van der Waals surface area contributed by atoms with Crippen LogP contribution in [0.2, 0.25) is 0 Å². The Morgan fingerprint density at radius 1 is 1.24 bits per heavy atom. The maximum absolute atomic E-state index is 12.8. The van der Waals surface area contributed by atoms with E-state index in [0.29, 0.717) is 38.4 Å². The second-order valence-electron chi connectivity index (χ2n) is 6.27. The molecule has 1 atom stereocenters. The molecule has 3 rings (SSSR count). The Balaban J connectivity index is 1.66. The van der Waals surface area contributed by atoms with Crippen LogP contribution >= 0.6 is 0 Å². The summed E-state index contributed by atoms with van der Waals surface area (Å²) in [4.78, 5) is 28.6. The Hall–Kier alpha value is -2.61. The van der Waals surface area contributed by atoms with Gasteiger partial charge in [-0.25, -0.2) is 0 Å². The standard InChI is InChI=1S/C17H23N5O3/c1-11-14(12(2)20-19-11)15(18)17(24)22-7-4-6-21(8-9-22)16(23)13-5-3-10-25-13/h3,5,10,15H,4,6-9,18H2,1-2H3,(H,19,20)/t15-/m0/s1. The van der Waals surface area contributed by atoms with Crippen molar-refractivity contribution in [3.8, 4) is 0 Å². The van der Waals surface area contributed by atoms with E-state index in [1.165, 1.54) is 6.26 Å². The van der Waals surface area contributed by atoms with Crippen LogP contribution in [0.25, 0.3) is 0 Å². The third kappa shape index (κ3) is 3.43. The number of carbonyl (C=O) groups excluding carboxylic acids is 2. The van der Waals surface area contributed by atoms with Gasteiger partial charge in [0.1, 0.15) is 6.04 Å². The second-order valence-corrected chi connectivity index (χ2v) is 6.27. The highest BCUT2D eigenvalue weighted by Crippen LogP contribution is 2.20. The molecule has 0 aromatic carbocycles. The van der Waals surface area contributed by atoms with Gasteiger partial charge in [-0.05, 0) is 32.4 Å². The highest BCUT2D eigenvalue weighted by Gasteiger charge is 2.29. The Bertz CT molecular complexity index is 733. The van der Waals surface area contributed by atoms with Crippen molar-refractivity contribution in [1.82, 2.24) is 20.0 Å². The van der Waals surface area contributed by atoms with Crippen molar-refractivity contribution in [3.63, 3.8) is 0 Å². The molecule has 0 unspecified atom stereocenters. The summed E-state index contributed by atoms with van der Waals surface area (Å²) >= 11 is 0. The molecule has 0 aliphatic carbocycles. The van der Waals surface area contributed by atoms with Crippen LogP contribution in [0.4, 0.5) is 0 Å². The van der Waals surface area contributed by atoms with Crippen LogP contribution in [0.1, 0.15) is 40.0 Å². The van der Waals surface area contributed by atoms with Gasteiger partial charge in [-0.1, -0.05) is 0 Å². The third-order valence-electron chi connectivity index (χ3n) is 4.59. The van der Waals surface area contributed by atoms with Crippen LogP contribution < -0.4 is 5.73 Å². The first kappa shape index (κ1) is 17.2. The highest BCUT2D eigenvalue weighted by atomic mass is 16.3. The summed E-state index contributed by atoms with van der Waals surface area (Å²) in [5, 5.41) is 6.97. The van der Waals surface area contributed by atoms with E-state index in [2.05, 4.69) is 10.2 Å². The minimum atomic E-state index is -0.744. The fraction of sp³-hybridized carbons (Fsp3) is 0.471. The van der Waals surface area contributed by atoms with Gasteiger partial charge in [0, 0.05) is 37.4 Å². The molecule has 0 bridgehead atoms. The van der Waals surface area contributed by atoms with Crippen molar-refractivity contribution in [2.24, 2.45) is 5.73 Å². The molecule has 1 aliphatic rings. The number of H-pyrrole nitrogens is 1. The molecule has 1 saturated heterocycles. The molecular formula is C17H23N5O3. The SMILES string of the molecule is Cc1n[nH]c(C)c1[C@H](N)C(=O)N1CCCN(C(=O)c2ccco2)CC1. The molecule has 2 aromatic rings. The van der Waals surface area contributed by atoms with Gasteiger partial charge >= 0.3 is 0 Å². The first-order valence-electron chi connectivity index (χ1n) is 8.37. The van der Waals surface area contributed by atoms with E-state index >= 15 is 0 Å². The summed E-state index contributed by atoms with van der Waals surface area (Å²) in [6.07, 6.45) is 2.18. The molecule has 2 aromatic heterocycles. The van der Waals surface area contributed by atoms with Crippen molar-refractivity contribution in [2.75, 3.05) is 26.2 Å². The van der Waals surface area contributed by atoms with Crippen LogP contribution in [-0.2, 0) is 4.79 Å². The molecule has 25 heavy (non-hydrogen) atoms. The number of aromatic nitrogens is 2. The van der Waals surface area contributed by atoms with Crippen LogP contribution in [-0.4, -0.2) is 58.0 Å². The maximum Gasteiger partial charge on any atom is 0.289 e. The van der Waals surface area contributed by atoms with Gasteiger partial charge in [0.15, 0.2) is 5.76 Å². The van der Waals surface area contributed by atoms with Crippen molar-refractivity contribution in [3.05, 3.63) is 41.1 Å². The van der Waals surface area contributed by atoms with Crippen LogP contribution in [0.5, 0.6) is 0 Å². The molecule has 0 spiro atoms. The smallest absolute Gasteiger partial charge is 0.289 e. The summed E-state index contributed by atoms with van der Waals surface area (Å²) in [5.41, 5.74) is 8.49. The van der Waals surface area contributed by atoms with E-state index < -0.39 is 6.04 Å². The number of hydrogen-bond acceptors (Lipinski definition) is 5. The predicted molar refractivity (Wildman–Crippen MR) is 90.8 cm³/mol. The number of hydrogen-bond donors (Lipinski definition) is 2. The van der Waals surface area contributed by atoms with E-state index in [1.807, 2.05) is 13.8 Å². The number of aromatic amines is 1. The monoisotopic (exact) mass is 345 g/mol. The Kier molecular flexibility index (Phi) is 4.89. The topological polar surface area (TPSA) is 108 Å². The van der Waals surface area contributed by atoms with Gasteiger partial charge < -0.3 is 20.0 Å². The Labute approximate surface area is 146 Å². The van der Waals surface area contributed by atoms with Gasteiger partial charge in [-0.2, -0.15) is 5.10 Å². The number of amides is 2. The zero-order valence-corrected chi connectivity index (χ0v) is 14.5. The van der Waals surface area contributed by atoms with Crippen molar-refractivity contribution in [2.45, 2.75) is 26.3 Å². The van der Waals surface area contributed by atoms with E-state index in [0.717, 1.165) is 17.0 Å². The molecule has 8 nitrogen and oxygen atoms in total. The first-order chi connectivity index (χ1) is 12.0. The summed E-state index contributed by atoms with van der Waals surface area (Å²) in [6, 6.07) is 2.59. The lowest BCUT2D eigenvalue weighted by molar-refractivity contribution is -0.132. The molecule has 0 radical (unpaired) electrons. The molecule has 2 amide bonds. The molecule has 0 saturated carbocycles. The van der Waals surface area contributed by atoms with Crippen molar-refractivity contribution < 1.29 is 14.0 Å². The van der Waals surface area contributed by atoms with Gasteiger partial charge in [0.25, 0.3) is 5.91 Å². The zero-order valence-electron chi connectivity index (χ0n) is 14.5. The molecule has 134 valence electrons. The summed E-state index contributed by atoms with van der Waals surface area (Å²) < 4.78 is 5.17. The van der Waals surface area contributed by atoms with Gasteiger partial charge in [-0.15, -0.1) is 0 Å². The molecule has 8 heteroatoms. The maximum atomic E-state index is 12.8. The zero-order chi connectivity index (χ0) is 18.0. The van der Waals surface area contributed by atoms with Crippen molar-refractivity contribution >= 4 is 11.8 Å². The van der Waals surface area contributed by atoms with E-state index in [-0.39, 0.29) is 11.8 Å². The van der Waals surface area contributed by atoms with Crippen LogP contribution in [0, 0.1) is 13.8 Å². The van der Waals surface area contributed by atoms with Crippen molar-refractivity contribution in [1.29, 1.82) is 0 Å². The molecule has 1 aliphatic heterocycles. The molecule has 3 heterocycles. The summed E-state index contributed by atoms with van der Waals surface area (Å²) in [5.74, 6) is 0.0335. The van der Waals surface area contributed by atoms with Gasteiger partial charge in [0.2, 0.25) is 5.91 Å². The minimum absolute atomic E-state index is 0.139. The van der Waals surface area contributed by atoms with E-state index in [1.54, 1.807) is 21.9 Å². The lowest BCUT2D eigenvalue weighted by Gasteiger charge is -2.24. The van der Waals surface area contributed by atoms with Crippen LogP contribution in [0.15, 0.2) is 22.8 Å². The van der Waals surface area contributed by atoms with Crippen LogP contribution in [0.3, 0.4) is 0 Å². The number of nitrogens with one attached hydrogen (secondary N) is 1. The number of carbonyl (C=O) groups is 2. The quantitative estimate of drug-likeness (QED) is 0.862. The molecular weight excluding hydrogens is 322 g/mol. The number of rotatable bonds is 3. The lowest BCUT2D eigenvalue weighted by atomic mass is 10.0. The second kappa shape index (κ2) is 7.10. The minimum Gasteiger partial charge on any atom is -0.459 e. The lowest BCUT2D eigenvalue weighted by Crippen LogP contribution is -2.41. The predicted octanol–water partition coefficient (Wildman–Crippen LogP) is 0.994. The van der Waals surface area contributed by atoms with Gasteiger partial charge in [-0.3, -0.25) is 14.7 Å². The third-order valence-corrected chi connectivity index (χ3v) is 4.59. The average Bonchev–Trinajstić information content (AvgIpc) is 3.17. The largest absolute Gasteiger partial charge is 0.459 e. The van der Waals surface area contributed by atoms with Gasteiger partial charge in [0.05, 0.1) is 12.0 Å². The Morgan fingerprint density at radius 3 is 2.60 bits per heavy atom. The fourth-order valence-electron chi connectivity index (χ4n) is 3.24. The first-order valence-corrected chi connectivity index (χ1v) is 8.37. The summed E-state index contributed by atoms with van der Waals surface area (Å²) in [6.45, 7) is 5.76. The van der Waals surface area contributed by atoms with E-state index in [9.17, 15) is 9.59 Å². The fourth-order valence-corrected chi connectivity index (χ4v) is 3.24. The number of nitrogens with two attached hydrogens (primary N) is 1. The average molecular weight is 345 g/mol. The highest BCUT2D eigenvalue weighted by molar-refractivity contribution is 5.91. The Morgan fingerprint density at radius 2 is 1.96 bits per heavy atom. The number of nitrogens with zero attached hydrogens (tertiary/aromatic N) is 3. The number of aryl methyl sites for hydroxylation is 2. The summed E-state index contributed by atoms with van der Waals surface area (Å²) in [7, 11) is 0. The molecule has 3 N–H and O–H groups in total. The number of furan rings is 1. The van der Waals surface area contributed by atoms with E-state index in [4.69, 9.17) is 10.2 Å². The normalized spacial score (nSPS) is 16.6.